The van der Waals surface area contributed by atoms with Crippen molar-refractivity contribution in [3.8, 4) is 11.5 Å². The first-order valence-corrected chi connectivity index (χ1v) is 12.1. The van der Waals surface area contributed by atoms with Crippen molar-refractivity contribution in [2.75, 3.05) is 44.3 Å². The highest BCUT2D eigenvalue weighted by molar-refractivity contribution is 8.00. The molecule has 2 N–H and O–H groups in total. The van der Waals surface area contributed by atoms with Crippen LogP contribution in [0, 0.1) is 0 Å². The van der Waals surface area contributed by atoms with E-state index in [1.165, 1.54) is 11.9 Å². The molecule has 0 spiro atoms. The van der Waals surface area contributed by atoms with E-state index in [4.69, 9.17) is 9.47 Å². The molecule has 172 valence electrons. The first-order valence-electron chi connectivity index (χ1n) is 11.3. The first-order chi connectivity index (χ1) is 15.6. The Labute approximate surface area is 195 Å². The van der Waals surface area contributed by atoms with Crippen molar-refractivity contribution in [3.63, 3.8) is 0 Å². The van der Waals surface area contributed by atoms with Gasteiger partial charge in [-0.1, -0.05) is 18.6 Å². The Morgan fingerprint density at radius 3 is 2.53 bits per heavy atom. The second-order valence-corrected chi connectivity index (χ2v) is 9.60. The van der Waals surface area contributed by atoms with Gasteiger partial charge in [0.2, 0.25) is 0 Å². The fraction of sp³-hybridized carbons (Fsp3) is 0.480. The lowest BCUT2D eigenvalue weighted by Crippen LogP contribution is -2.37. The van der Waals surface area contributed by atoms with Gasteiger partial charge >= 0.3 is 0 Å². The molecule has 7 heteroatoms. The Morgan fingerprint density at radius 2 is 1.91 bits per heavy atom. The average Bonchev–Trinajstić information content (AvgIpc) is 2.79. The molecule has 0 aromatic heterocycles. The molecule has 2 aromatic carbocycles. The number of aldehydes is 1. The highest BCUT2D eigenvalue weighted by atomic mass is 32.2. The summed E-state index contributed by atoms with van der Waals surface area (Å²) in [5.74, 6) is 1.64. The fourth-order valence-corrected chi connectivity index (χ4v) is 5.27. The number of hydrogen-bond acceptors (Lipinski definition) is 7. The molecule has 2 fully saturated rings. The molecule has 1 saturated heterocycles. The number of benzene rings is 2. The Kier molecular flexibility index (Phi) is 7.16. The van der Waals surface area contributed by atoms with Crippen molar-refractivity contribution in [3.05, 3.63) is 42.0 Å². The second-order valence-electron chi connectivity index (χ2n) is 8.75. The molecule has 0 radical (unpaired) electrons. The molecule has 1 aliphatic heterocycles. The summed E-state index contributed by atoms with van der Waals surface area (Å²) in [7, 11) is 5.74. The van der Waals surface area contributed by atoms with Crippen LogP contribution >= 0.6 is 11.9 Å². The van der Waals surface area contributed by atoms with E-state index in [0.717, 1.165) is 84.8 Å². The normalized spacial score (nSPS) is 18.5. The van der Waals surface area contributed by atoms with Crippen LogP contribution in [0.1, 0.15) is 37.7 Å². The van der Waals surface area contributed by atoms with Crippen LogP contribution in [0.5, 0.6) is 11.5 Å². The summed E-state index contributed by atoms with van der Waals surface area (Å²) in [6.07, 6.45) is 6.13. The molecule has 1 aliphatic carbocycles. The molecular weight excluding hydrogens is 422 g/mol. The van der Waals surface area contributed by atoms with Crippen LogP contribution in [-0.2, 0) is 10.2 Å². The number of hydrogen-bond donors (Lipinski definition) is 2. The molecule has 2 aliphatic rings. The van der Waals surface area contributed by atoms with E-state index >= 15 is 0 Å². The highest BCUT2D eigenvalue weighted by Crippen LogP contribution is 2.49. The van der Waals surface area contributed by atoms with E-state index < -0.39 is 5.41 Å². The Bertz CT molecular complexity index is 940. The van der Waals surface area contributed by atoms with Gasteiger partial charge in [-0.2, -0.15) is 0 Å². The lowest BCUT2D eigenvalue weighted by Gasteiger charge is -2.39. The van der Waals surface area contributed by atoms with Crippen LogP contribution in [0.2, 0.25) is 0 Å². The average molecular weight is 456 g/mol. The van der Waals surface area contributed by atoms with E-state index in [1.54, 1.807) is 7.11 Å². The maximum Gasteiger partial charge on any atom is 0.145 e. The van der Waals surface area contributed by atoms with E-state index in [-0.39, 0.29) is 6.10 Å². The van der Waals surface area contributed by atoms with Crippen molar-refractivity contribution < 1.29 is 14.3 Å². The summed E-state index contributed by atoms with van der Waals surface area (Å²) in [5, 5.41) is 3.34. The van der Waals surface area contributed by atoms with E-state index in [2.05, 4.69) is 28.1 Å². The van der Waals surface area contributed by atoms with Crippen LogP contribution in [-0.4, -0.2) is 51.6 Å². The number of likely N-dealkylation sites (tertiary alicyclic amines) is 1. The number of ether oxygens (including phenoxy) is 2. The molecule has 2 aromatic rings. The molecule has 32 heavy (non-hydrogen) atoms. The third-order valence-electron chi connectivity index (χ3n) is 6.67. The van der Waals surface area contributed by atoms with E-state index in [9.17, 15) is 4.79 Å². The molecule has 1 saturated carbocycles. The molecule has 4 rings (SSSR count). The first kappa shape index (κ1) is 22.8. The largest absolute Gasteiger partial charge is 0.496 e. The van der Waals surface area contributed by atoms with Crippen molar-refractivity contribution in [1.82, 2.24) is 4.90 Å². The topological polar surface area (TPSA) is 62.8 Å². The molecule has 1 heterocycles. The minimum absolute atomic E-state index is 0.178. The van der Waals surface area contributed by atoms with Crippen LogP contribution in [0.3, 0.4) is 0 Å². The summed E-state index contributed by atoms with van der Waals surface area (Å²) in [4.78, 5) is 15.5. The van der Waals surface area contributed by atoms with Crippen LogP contribution < -0.4 is 19.5 Å². The summed E-state index contributed by atoms with van der Waals surface area (Å²) in [5.41, 5.74) is 2.44. The van der Waals surface area contributed by atoms with E-state index in [1.807, 2.05) is 37.4 Å². The predicted octanol–water partition coefficient (Wildman–Crippen LogP) is 4.95. The van der Waals surface area contributed by atoms with Gasteiger partial charge < -0.3 is 29.2 Å². The molecule has 0 unspecified atom stereocenters. The Morgan fingerprint density at radius 1 is 1.16 bits per heavy atom. The van der Waals surface area contributed by atoms with Gasteiger partial charge in [-0.3, -0.25) is 0 Å². The zero-order valence-corrected chi connectivity index (χ0v) is 20.0. The fourth-order valence-electron chi connectivity index (χ4n) is 4.53. The third-order valence-corrected chi connectivity index (χ3v) is 7.56. The molecule has 0 atom stereocenters. The minimum Gasteiger partial charge on any atom is -0.496 e. The lowest BCUT2D eigenvalue weighted by atomic mass is 9.65. The number of nitrogens with one attached hydrogen (secondary N) is 2. The number of carbonyl (C=O) groups excluding carboxylic acids is 1. The second kappa shape index (κ2) is 10.0. The van der Waals surface area contributed by atoms with Crippen molar-refractivity contribution >= 4 is 29.6 Å². The maximum atomic E-state index is 12.2. The summed E-state index contributed by atoms with van der Waals surface area (Å²) < 4.78 is 15.5. The number of rotatable bonds is 9. The highest BCUT2D eigenvalue weighted by Gasteiger charge is 2.41. The van der Waals surface area contributed by atoms with Crippen molar-refractivity contribution in [2.45, 2.75) is 48.5 Å². The smallest absolute Gasteiger partial charge is 0.145 e. The lowest BCUT2D eigenvalue weighted by molar-refractivity contribution is -0.115. The van der Waals surface area contributed by atoms with Crippen LogP contribution in [0.25, 0.3) is 0 Å². The molecule has 0 amide bonds. The zero-order valence-electron chi connectivity index (χ0n) is 19.1. The van der Waals surface area contributed by atoms with Crippen molar-refractivity contribution in [1.29, 1.82) is 0 Å². The maximum absolute atomic E-state index is 12.2. The standard InChI is InChI=1S/C25H33N3O3S/c1-26-24-20(25(17-29)11-6-12-25)15-18(27-32-23-8-5-4-7-21(23)30-3)16-22(24)31-19-9-13-28(2)14-10-19/h4-5,7-8,15-17,19,26-27H,6,9-14H2,1-3H3. The summed E-state index contributed by atoms with van der Waals surface area (Å²) in [6, 6.07) is 12.1. The predicted molar refractivity (Wildman–Crippen MR) is 131 cm³/mol. The van der Waals surface area contributed by atoms with Crippen molar-refractivity contribution in [2.24, 2.45) is 0 Å². The molecular formula is C25H33N3O3S. The summed E-state index contributed by atoms with van der Waals surface area (Å²) >= 11 is 1.50. The van der Waals surface area contributed by atoms with Gasteiger partial charge in [0.15, 0.2) is 0 Å². The van der Waals surface area contributed by atoms with Gasteiger partial charge in [0.05, 0.1) is 23.1 Å². The minimum atomic E-state index is -0.434. The van der Waals surface area contributed by atoms with Crippen LogP contribution in [0.15, 0.2) is 41.3 Å². The number of para-hydroxylation sites is 1. The zero-order chi connectivity index (χ0) is 22.6. The summed E-state index contributed by atoms with van der Waals surface area (Å²) in [6.45, 7) is 2.07. The quantitative estimate of drug-likeness (QED) is 0.410. The van der Waals surface area contributed by atoms with Gasteiger partial charge in [0.25, 0.3) is 0 Å². The molecule has 0 bridgehead atoms. The van der Waals surface area contributed by atoms with Gasteiger partial charge in [0.1, 0.15) is 23.9 Å². The molecule has 6 nitrogen and oxygen atoms in total. The monoisotopic (exact) mass is 455 g/mol. The number of nitrogens with zero attached hydrogens (tertiary/aromatic N) is 1. The van der Waals surface area contributed by atoms with Gasteiger partial charge in [-0.15, -0.1) is 0 Å². The van der Waals surface area contributed by atoms with Gasteiger partial charge in [0, 0.05) is 31.9 Å². The Balaban J connectivity index is 1.65. The number of carbonyl (C=O) groups is 1. The van der Waals surface area contributed by atoms with E-state index in [0.29, 0.717) is 0 Å². The number of methoxy groups -OCH3 is 1. The number of piperidine rings is 1. The van der Waals surface area contributed by atoms with Gasteiger partial charge in [-0.25, -0.2) is 0 Å². The Hall–Kier alpha value is -2.38. The van der Waals surface area contributed by atoms with Gasteiger partial charge in [-0.05, 0) is 68.4 Å². The number of anilines is 2. The SMILES string of the molecule is CNc1c(OC2CCN(C)CC2)cc(NSc2ccccc2OC)cc1C1(C=O)CCC1. The third kappa shape index (κ3) is 4.69. The van der Waals surface area contributed by atoms with Crippen LogP contribution in [0.4, 0.5) is 11.4 Å².